The van der Waals surface area contributed by atoms with Crippen molar-refractivity contribution in [3.05, 3.63) is 35.6 Å². The molecule has 0 aliphatic heterocycles. The zero-order valence-electron chi connectivity index (χ0n) is 11.7. The maximum atomic E-state index is 13.8. The van der Waals surface area contributed by atoms with Crippen LogP contribution in [-0.4, -0.2) is 19.8 Å². The van der Waals surface area contributed by atoms with Crippen molar-refractivity contribution in [2.45, 2.75) is 38.6 Å². The largest absolute Gasteiger partial charge is 0.379 e. The van der Waals surface area contributed by atoms with Crippen LogP contribution >= 0.6 is 0 Å². The average molecular weight is 265 g/mol. The zero-order valence-corrected chi connectivity index (χ0v) is 11.7. The maximum Gasteiger partial charge on any atom is 0.128 e. The third kappa shape index (κ3) is 4.92. The van der Waals surface area contributed by atoms with Gasteiger partial charge in [0.25, 0.3) is 0 Å². The summed E-state index contributed by atoms with van der Waals surface area (Å²) in [6, 6.07) is 6.92. The van der Waals surface area contributed by atoms with Gasteiger partial charge in [-0.25, -0.2) is 4.39 Å². The van der Waals surface area contributed by atoms with Gasteiger partial charge in [0.1, 0.15) is 5.82 Å². The van der Waals surface area contributed by atoms with Crippen molar-refractivity contribution in [3.8, 4) is 0 Å². The van der Waals surface area contributed by atoms with Gasteiger partial charge in [0, 0.05) is 12.2 Å². The Labute approximate surface area is 115 Å². The molecule has 1 aromatic rings. The van der Waals surface area contributed by atoms with Crippen LogP contribution < -0.4 is 5.32 Å². The van der Waals surface area contributed by atoms with Crippen LogP contribution in [0, 0.1) is 11.7 Å². The summed E-state index contributed by atoms with van der Waals surface area (Å²) in [5, 5.41) is 3.37. The predicted octanol–water partition coefficient (Wildman–Crippen LogP) is 3.68. The minimum atomic E-state index is -0.151. The molecule has 0 radical (unpaired) electrons. The fraction of sp³-hybridized carbons (Fsp3) is 0.625. The van der Waals surface area contributed by atoms with Crippen molar-refractivity contribution in [2.75, 3.05) is 19.8 Å². The first-order valence-corrected chi connectivity index (χ1v) is 7.36. The molecule has 1 unspecified atom stereocenters. The molecular weight excluding hydrogens is 241 g/mol. The van der Waals surface area contributed by atoms with E-state index in [1.165, 1.54) is 18.9 Å². The van der Waals surface area contributed by atoms with Crippen molar-refractivity contribution in [1.29, 1.82) is 0 Å². The van der Waals surface area contributed by atoms with Gasteiger partial charge in [-0.05, 0) is 31.4 Å². The highest BCUT2D eigenvalue weighted by Gasteiger charge is 2.21. The molecule has 1 aliphatic rings. The fourth-order valence-electron chi connectivity index (χ4n) is 2.19. The van der Waals surface area contributed by atoms with E-state index >= 15 is 0 Å². The summed E-state index contributed by atoms with van der Waals surface area (Å²) in [7, 11) is 0. The van der Waals surface area contributed by atoms with Crippen molar-refractivity contribution in [2.24, 2.45) is 5.92 Å². The van der Waals surface area contributed by atoms with E-state index in [-0.39, 0.29) is 11.9 Å². The Kier molecular flexibility index (Phi) is 5.80. The predicted molar refractivity (Wildman–Crippen MR) is 75.6 cm³/mol. The lowest BCUT2D eigenvalue weighted by atomic mass is 10.1. The normalized spacial score (nSPS) is 16.5. The van der Waals surface area contributed by atoms with Gasteiger partial charge in [0.2, 0.25) is 0 Å². The fourth-order valence-corrected chi connectivity index (χ4v) is 2.19. The van der Waals surface area contributed by atoms with Crippen molar-refractivity contribution in [1.82, 2.24) is 5.32 Å². The molecule has 1 aromatic carbocycles. The number of nitrogens with one attached hydrogen (secondary N) is 1. The molecule has 1 atom stereocenters. The second-order valence-electron chi connectivity index (χ2n) is 5.34. The zero-order chi connectivity index (χ0) is 13.5. The molecule has 0 heterocycles. The Morgan fingerprint density at radius 3 is 2.84 bits per heavy atom. The van der Waals surface area contributed by atoms with Crippen LogP contribution in [0.25, 0.3) is 0 Å². The van der Waals surface area contributed by atoms with Gasteiger partial charge in [0.15, 0.2) is 0 Å². The van der Waals surface area contributed by atoms with Crippen molar-refractivity contribution in [3.63, 3.8) is 0 Å². The van der Waals surface area contributed by atoms with Gasteiger partial charge in [-0.3, -0.25) is 0 Å². The first kappa shape index (κ1) is 14.5. The molecule has 19 heavy (non-hydrogen) atoms. The van der Waals surface area contributed by atoms with Crippen LogP contribution in [0.5, 0.6) is 0 Å². The lowest BCUT2D eigenvalue weighted by molar-refractivity contribution is 0.105. The summed E-state index contributed by atoms with van der Waals surface area (Å²) in [6.07, 6.45) is 4.90. The third-order valence-corrected chi connectivity index (χ3v) is 3.57. The minimum absolute atomic E-state index is 0.0413. The van der Waals surface area contributed by atoms with Crippen LogP contribution in [-0.2, 0) is 4.74 Å². The van der Waals surface area contributed by atoms with Gasteiger partial charge in [-0.2, -0.15) is 0 Å². The quantitative estimate of drug-likeness (QED) is 0.688. The van der Waals surface area contributed by atoms with Crippen LogP contribution in [0.2, 0.25) is 0 Å². The molecule has 1 fully saturated rings. The van der Waals surface area contributed by atoms with E-state index in [2.05, 4.69) is 12.2 Å². The smallest absolute Gasteiger partial charge is 0.128 e. The first-order chi connectivity index (χ1) is 9.31. The van der Waals surface area contributed by atoms with Crippen LogP contribution in [0.15, 0.2) is 24.3 Å². The van der Waals surface area contributed by atoms with E-state index in [1.54, 1.807) is 6.07 Å². The number of rotatable bonds is 9. The lowest BCUT2D eigenvalue weighted by Gasteiger charge is -2.19. The van der Waals surface area contributed by atoms with Crippen LogP contribution in [0.3, 0.4) is 0 Å². The molecular formula is C16H24FNO. The van der Waals surface area contributed by atoms with Gasteiger partial charge in [-0.15, -0.1) is 0 Å². The number of ether oxygens (including phenoxy) is 1. The summed E-state index contributed by atoms with van der Waals surface area (Å²) < 4.78 is 19.5. The lowest BCUT2D eigenvalue weighted by Crippen LogP contribution is -2.27. The summed E-state index contributed by atoms with van der Waals surface area (Å²) in [6.45, 7) is 4.33. The highest BCUT2D eigenvalue weighted by molar-refractivity contribution is 5.21. The summed E-state index contributed by atoms with van der Waals surface area (Å²) >= 11 is 0. The molecule has 0 saturated heterocycles. The van der Waals surface area contributed by atoms with Gasteiger partial charge >= 0.3 is 0 Å². The van der Waals surface area contributed by atoms with Crippen molar-refractivity contribution < 1.29 is 9.13 Å². The minimum Gasteiger partial charge on any atom is -0.379 e. The Bertz CT molecular complexity index is 379. The Morgan fingerprint density at radius 1 is 1.37 bits per heavy atom. The van der Waals surface area contributed by atoms with Crippen LogP contribution in [0.1, 0.15) is 44.2 Å². The summed E-state index contributed by atoms with van der Waals surface area (Å²) in [5.74, 6) is 0.734. The SMILES string of the molecule is CCCNC(COCCC1CC1)c1ccccc1F. The summed E-state index contributed by atoms with van der Waals surface area (Å²) in [4.78, 5) is 0. The molecule has 2 rings (SSSR count). The molecule has 0 bridgehead atoms. The van der Waals surface area contributed by atoms with E-state index in [4.69, 9.17) is 4.74 Å². The molecule has 0 spiro atoms. The standard InChI is InChI=1S/C16H24FNO/c1-2-10-18-16(12-19-11-9-13-7-8-13)14-5-3-4-6-15(14)17/h3-6,13,16,18H,2,7-12H2,1H3. The Balaban J connectivity index is 1.84. The molecule has 106 valence electrons. The third-order valence-electron chi connectivity index (χ3n) is 3.57. The average Bonchev–Trinajstić information content (AvgIpc) is 3.23. The highest BCUT2D eigenvalue weighted by Crippen LogP contribution is 2.32. The highest BCUT2D eigenvalue weighted by atomic mass is 19.1. The maximum absolute atomic E-state index is 13.8. The second-order valence-corrected chi connectivity index (χ2v) is 5.34. The summed E-state index contributed by atoms with van der Waals surface area (Å²) in [5.41, 5.74) is 0.711. The topological polar surface area (TPSA) is 21.3 Å². The van der Waals surface area contributed by atoms with E-state index in [1.807, 2.05) is 12.1 Å². The molecule has 0 amide bonds. The van der Waals surface area contributed by atoms with Crippen molar-refractivity contribution >= 4 is 0 Å². The number of hydrogen-bond acceptors (Lipinski definition) is 2. The number of hydrogen-bond donors (Lipinski definition) is 1. The Morgan fingerprint density at radius 2 is 2.16 bits per heavy atom. The molecule has 1 aliphatic carbocycles. The van der Waals surface area contributed by atoms with Gasteiger partial charge < -0.3 is 10.1 Å². The van der Waals surface area contributed by atoms with E-state index < -0.39 is 0 Å². The molecule has 2 nitrogen and oxygen atoms in total. The van der Waals surface area contributed by atoms with E-state index in [0.717, 1.165) is 31.9 Å². The molecule has 1 saturated carbocycles. The second kappa shape index (κ2) is 7.61. The van der Waals surface area contributed by atoms with Gasteiger partial charge in [-0.1, -0.05) is 38.0 Å². The van der Waals surface area contributed by atoms with Crippen LogP contribution in [0.4, 0.5) is 4.39 Å². The monoisotopic (exact) mass is 265 g/mol. The number of halogens is 1. The van der Waals surface area contributed by atoms with E-state index in [9.17, 15) is 4.39 Å². The molecule has 1 N–H and O–H groups in total. The van der Waals surface area contributed by atoms with Gasteiger partial charge in [0.05, 0.1) is 12.6 Å². The molecule has 3 heteroatoms. The Hall–Kier alpha value is -0.930. The first-order valence-electron chi connectivity index (χ1n) is 7.36. The molecule has 0 aromatic heterocycles. The van der Waals surface area contributed by atoms with E-state index in [0.29, 0.717) is 12.2 Å². The number of benzene rings is 1.